The van der Waals surface area contributed by atoms with Crippen LogP contribution in [0.4, 0.5) is 10.5 Å². The number of carboxylic acid groups (broad SMARTS) is 1. The Labute approximate surface area is 174 Å². The number of thioether (sulfide) groups is 1. The molecule has 148 valence electrons. The lowest BCUT2D eigenvalue weighted by Crippen LogP contribution is -2.44. The SMILES string of the molecule is O=C(O)NC(Cc1ccccc1)C(=O)Nc1ccc(SCc2ccccc2)cc1. The molecule has 5 nitrogen and oxygen atoms in total. The lowest BCUT2D eigenvalue weighted by Gasteiger charge is -2.17. The second-order valence-corrected chi connectivity index (χ2v) is 7.53. The second kappa shape index (κ2) is 10.3. The highest BCUT2D eigenvalue weighted by atomic mass is 32.2. The van der Waals surface area contributed by atoms with Crippen LogP contribution in [0.25, 0.3) is 0 Å². The van der Waals surface area contributed by atoms with Gasteiger partial charge in [0, 0.05) is 22.8 Å². The fourth-order valence-corrected chi connectivity index (χ4v) is 3.67. The van der Waals surface area contributed by atoms with Gasteiger partial charge in [-0.1, -0.05) is 60.7 Å². The van der Waals surface area contributed by atoms with Gasteiger partial charge in [0.1, 0.15) is 6.04 Å². The lowest BCUT2D eigenvalue weighted by molar-refractivity contribution is -0.118. The van der Waals surface area contributed by atoms with Crippen molar-refractivity contribution in [2.24, 2.45) is 0 Å². The minimum absolute atomic E-state index is 0.282. The van der Waals surface area contributed by atoms with Crippen LogP contribution in [0.15, 0.2) is 89.8 Å². The minimum atomic E-state index is -1.23. The van der Waals surface area contributed by atoms with Gasteiger partial charge in [0.2, 0.25) is 5.91 Å². The normalized spacial score (nSPS) is 11.4. The molecule has 6 heteroatoms. The second-order valence-electron chi connectivity index (χ2n) is 6.48. The van der Waals surface area contributed by atoms with E-state index in [2.05, 4.69) is 22.8 Å². The topological polar surface area (TPSA) is 78.4 Å². The third-order valence-corrected chi connectivity index (χ3v) is 5.35. The van der Waals surface area contributed by atoms with E-state index in [4.69, 9.17) is 5.11 Å². The predicted molar refractivity (Wildman–Crippen MR) is 116 cm³/mol. The van der Waals surface area contributed by atoms with E-state index in [0.717, 1.165) is 16.2 Å². The summed E-state index contributed by atoms with van der Waals surface area (Å²) in [6.45, 7) is 0. The number of anilines is 1. The molecule has 0 spiro atoms. The first-order valence-corrected chi connectivity index (χ1v) is 10.2. The van der Waals surface area contributed by atoms with Crippen LogP contribution in [0, 0.1) is 0 Å². The summed E-state index contributed by atoms with van der Waals surface area (Å²) in [7, 11) is 0. The summed E-state index contributed by atoms with van der Waals surface area (Å²) >= 11 is 1.71. The molecule has 0 aliphatic heterocycles. The Bertz CT molecular complexity index is 931. The van der Waals surface area contributed by atoms with Crippen LogP contribution in [-0.2, 0) is 17.0 Å². The Morgan fingerprint density at radius 3 is 2.00 bits per heavy atom. The number of rotatable bonds is 8. The Morgan fingerprint density at radius 2 is 1.41 bits per heavy atom. The lowest BCUT2D eigenvalue weighted by atomic mass is 10.1. The van der Waals surface area contributed by atoms with E-state index in [1.807, 2.05) is 72.8 Å². The summed E-state index contributed by atoms with van der Waals surface area (Å²) < 4.78 is 0. The van der Waals surface area contributed by atoms with Crippen LogP contribution in [0.1, 0.15) is 11.1 Å². The number of nitrogens with one attached hydrogen (secondary N) is 2. The van der Waals surface area contributed by atoms with E-state index in [0.29, 0.717) is 5.69 Å². The van der Waals surface area contributed by atoms with Crippen molar-refractivity contribution in [1.29, 1.82) is 0 Å². The highest BCUT2D eigenvalue weighted by Gasteiger charge is 2.21. The molecule has 2 amide bonds. The van der Waals surface area contributed by atoms with E-state index in [1.165, 1.54) is 5.56 Å². The van der Waals surface area contributed by atoms with E-state index in [1.54, 1.807) is 11.8 Å². The first kappa shape index (κ1) is 20.5. The summed E-state index contributed by atoms with van der Waals surface area (Å²) in [6.07, 6.45) is -0.946. The van der Waals surface area contributed by atoms with Crippen LogP contribution >= 0.6 is 11.8 Å². The van der Waals surface area contributed by atoms with Crippen molar-refractivity contribution < 1.29 is 14.7 Å². The molecule has 0 saturated carbocycles. The van der Waals surface area contributed by atoms with Gasteiger partial charge in [-0.05, 0) is 35.4 Å². The average Bonchev–Trinajstić information content (AvgIpc) is 2.74. The molecule has 0 saturated heterocycles. The summed E-state index contributed by atoms with van der Waals surface area (Å²) in [5.74, 6) is 0.481. The van der Waals surface area contributed by atoms with E-state index < -0.39 is 12.1 Å². The molecule has 3 N–H and O–H groups in total. The molecule has 0 aliphatic rings. The van der Waals surface area contributed by atoms with Crippen LogP contribution < -0.4 is 10.6 Å². The Morgan fingerprint density at radius 1 is 0.828 bits per heavy atom. The molecule has 0 aromatic heterocycles. The standard InChI is InChI=1S/C23H22N2O3S/c26-22(21(25-23(27)28)15-17-7-3-1-4-8-17)24-19-11-13-20(14-12-19)29-16-18-9-5-2-6-10-18/h1-14,21,25H,15-16H2,(H,24,26)(H,27,28). The zero-order valence-corrected chi connectivity index (χ0v) is 16.6. The van der Waals surface area contributed by atoms with Gasteiger partial charge in [-0.3, -0.25) is 4.79 Å². The van der Waals surface area contributed by atoms with Crippen molar-refractivity contribution in [3.05, 3.63) is 96.1 Å². The third-order valence-electron chi connectivity index (χ3n) is 4.27. The van der Waals surface area contributed by atoms with E-state index in [9.17, 15) is 9.59 Å². The van der Waals surface area contributed by atoms with Crippen LogP contribution in [0.2, 0.25) is 0 Å². The molecule has 3 aromatic carbocycles. The van der Waals surface area contributed by atoms with Gasteiger partial charge in [0.25, 0.3) is 0 Å². The Hall–Kier alpha value is -3.25. The van der Waals surface area contributed by atoms with Crippen molar-refractivity contribution in [3.63, 3.8) is 0 Å². The van der Waals surface area contributed by atoms with Crippen molar-refractivity contribution >= 4 is 29.4 Å². The highest BCUT2D eigenvalue weighted by Crippen LogP contribution is 2.24. The monoisotopic (exact) mass is 406 g/mol. The van der Waals surface area contributed by atoms with Crippen LogP contribution in [0.3, 0.4) is 0 Å². The summed E-state index contributed by atoms with van der Waals surface area (Å²) in [6, 6.07) is 26.2. The molecular formula is C23H22N2O3S. The van der Waals surface area contributed by atoms with Gasteiger partial charge < -0.3 is 15.7 Å². The van der Waals surface area contributed by atoms with E-state index in [-0.39, 0.29) is 12.3 Å². The summed E-state index contributed by atoms with van der Waals surface area (Å²) in [4.78, 5) is 24.8. The van der Waals surface area contributed by atoms with Gasteiger partial charge >= 0.3 is 6.09 Å². The molecule has 1 atom stereocenters. The Balaban J connectivity index is 1.59. The van der Waals surface area contributed by atoms with Crippen LogP contribution in [-0.4, -0.2) is 23.1 Å². The predicted octanol–water partition coefficient (Wildman–Crippen LogP) is 4.80. The number of carbonyl (C=O) groups is 2. The maximum Gasteiger partial charge on any atom is 0.405 e. The third kappa shape index (κ3) is 6.69. The molecule has 3 aromatic rings. The molecule has 0 radical (unpaired) electrons. The van der Waals surface area contributed by atoms with Crippen molar-refractivity contribution in [3.8, 4) is 0 Å². The fraction of sp³-hybridized carbons (Fsp3) is 0.130. The summed E-state index contributed by atoms with van der Waals surface area (Å²) in [5.41, 5.74) is 2.76. The minimum Gasteiger partial charge on any atom is -0.465 e. The smallest absolute Gasteiger partial charge is 0.405 e. The number of carbonyl (C=O) groups excluding carboxylic acids is 1. The fourth-order valence-electron chi connectivity index (χ4n) is 2.81. The van der Waals surface area contributed by atoms with Gasteiger partial charge in [0.05, 0.1) is 0 Å². The molecule has 29 heavy (non-hydrogen) atoms. The van der Waals surface area contributed by atoms with Gasteiger partial charge in [0.15, 0.2) is 0 Å². The van der Waals surface area contributed by atoms with Crippen molar-refractivity contribution in [2.45, 2.75) is 23.1 Å². The summed E-state index contributed by atoms with van der Waals surface area (Å²) in [5, 5.41) is 14.2. The van der Waals surface area contributed by atoms with Gasteiger partial charge in [-0.15, -0.1) is 11.8 Å². The molecule has 3 rings (SSSR count). The zero-order valence-electron chi connectivity index (χ0n) is 15.7. The van der Waals surface area contributed by atoms with Crippen molar-refractivity contribution in [2.75, 3.05) is 5.32 Å². The Kier molecular flexibility index (Phi) is 7.30. The first-order valence-electron chi connectivity index (χ1n) is 9.21. The molecule has 1 unspecified atom stereocenters. The maximum atomic E-state index is 12.6. The average molecular weight is 407 g/mol. The number of hydrogen-bond acceptors (Lipinski definition) is 3. The van der Waals surface area contributed by atoms with Gasteiger partial charge in [-0.25, -0.2) is 4.79 Å². The quantitative estimate of drug-likeness (QED) is 0.470. The zero-order chi connectivity index (χ0) is 20.5. The van der Waals surface area contributed by atoms with E-state index >= 15 is 0 Å². The van der Waals surface area contributed by atoms with Crippen molar-refractivity contribution in [1.82, 2.24) is 5.32 Å². The molecular weight excluding hydrogens is 384 g/mol. The highest BCUT2D eigenvalue weighted by molar-refractivity contribution is 7.98. The number of hydrogen-bond donors (Lipinski definition) is 3. The van der Waals surface area contributed by atoms with Gasteiger partial charge in [-0.2, -0.15) is 0 Å². The number of benzene rings is 3. The molecule has 0 bridgehead atoms. The molecule has 0 heterocycles. The first-order chi connectivity index (χ1) is 14.1. The largest absolute Gasteiger partial charge is 0.465 e. The molecule has 0 fully saturated rings. The molecule has 0 aliphatic carbocycles. The maximum absolute atomic E-state index is 12.6. The van der Waals surface area contributed by atoms with Crippen LogP contribution in [0.5, 0.6) is 0 Å². The number of amides is 2.